The van der Waals surface area contributed by atoms with E-state index in [1.165, 1.54) is 32.4 Å². The molecule has 1 aromatic rings. The fraction of sp³-hybridized carbons (Fsp3) is 0.200. The fourth-order valence-electron chi connectivity index (χ4n) is 1.14. The Morgan fingerprint density at radius 2 is 1.47 bits per heavy atom. The Balaban J connectivity index is 3.23. The molecule has 5 heteroatoms. The van der Waals surface area contributed by atoms with Gasteiger partial charge in [-0.2, -0.15) is 0 Å². The summed E-state index contributed by atoms with van der Waals surface area (Å²) < 4.78 is 9.03. The summed E-state index contributed by atoms with van der Waals surface area (Å²) in [7, 11) is 8.12. The third-order valence-corrected chi connectivity index (χ3v) is 1.92. The molecule has 0 unspecified atom stereocenters. The summed E-state index contributed by atoms with van der Waals surface area (Å²) >= 11 is 0. The van der Waals surface area contributed by atoms with E-state index in [2.05, 4.69) is 9.47 Å². The highest BCUT2D eigenvalue weighted by molar-refractivity contribution is 6.39. The van der Waals surface area contributed by atoms with E-state index < -0.39 is 11.9 Å². The first-order valence-electron chi connectivity index (χ1n) is 4.17. The number of carbonyl (C=O) groups excluding carboxylic acids is 2. The first-order valence-corrected chi connectivity index (χ1v) is 4.17. The second-order valence-electron chi connectivity index (χ2n) is 2.75. The minimum atomic E-state index is -0.585. The summed E-state index contributed by atoms with van der Waals surface area (Å²) in [5.74, 6) is -1.17. The molecule has 0 fully saturated rings. The first-order chi connectivity index (χ1) is 7.11. The van der Waals surface area contributed by atoms with Crippen LogP contribution in [0.3, 0.4) is 0 Å². The van der Waals surface area contributed by atoms with E-state index in [9.17, 15) is 9.59 Å². The van der Waals surface area contributed by atoms with Crippen molar-refractivity contribution in [3.63, 3.8) is 0 Å². The summed E-state index contributed by atoms with van der Waals surface area (Å²) in [6.45, 7) is 0. The van der Waals surface area contributed by atoms with Crippen LogP contribution in [0.2, 0.25) is 0 Å². The predicted molar refractivity (Wildman–Crippen MR) is 54.5 cm³/mol. The van der Waals surface area contributed by atoms with Crippen molar-refractivity contribution < 1.29 is 19.1 Å². The zero-order valence-electron chi connectivity index (χ0n) is 8.44. The first kappa shape index (κ1) is 11.3. The Labute approximate surface area is 88.6 Å². The SMILES string of the molecule is [B]c1c(C(=O)OC)cccc1C(=O)OC. The van der Waals surface area contributed by atoms with E-state index in [1.54, 1.807) is 0 Å². The number of esters is 2. The van der Waals surface area contributed by atoms with Crippen LogP contribution in [0.5, 0.6) is 0 Å². The summed E-state index contributed by atoms with van der Waals surface area (Å²) in [4.78, 5) is 22.5. The molecular weight excluding hydrogens is 195 g/mol. The van der Waals surface area contributed by atoms with Crippen molar-refractivity contribution >= 4 is 25.2 Å². The van der Waals surface area contributed by atoms with Gasteiger partial charge >= 0.3 is 11.9 Å². The highest BCUT2D eigenvalue weighted by Gasteiger charge is 2.15. The molecule has 0 N–H and O–H groups in total. The van der Waals surface area contributed by atoms with Crippen LogP contribution in [-0.4, -0.2) is 34.0 Å². The molecule has 0 saturated heterocycles. The average Bonchev–Trinajstić information content (AvgIpc) is 2.27. The lowest BCUT2D eigenvalue weighted by atomic mass is 9.85. The second kappa shape index (κ2) is 4.64. The van der Waals surface area contributed by atoms with Gasteiger partial charge in [0.1, 0.15) is 7.85 Å². The van der Waals surface area contributed by atoms with Gasteiger partial charge in [0.25, 0.3) is 0 Å². The molecule has 0 aliphatic rings. The zero-order chi connectivity index (χ0) is 11.4. The van der Waals surface area contributed by atoms with Crippen LogP contribution >= 0.6 is 0 Å². The third kappa shape index (κ3) is 2.18. The molecule has 15 heavy (non-hydrogen) atoms. The Hall–Kier alpha value is -1.78. The average molecular weight is 204 g/mol. The van der Waals surface area contributed by atoms with Crippen molar-refractivity contribution in [1.29, 1.82) is 0 Å². The van der Waals surface area contributed by atoms with Crippen LogP contribution in [-0.2, 0) is 9.47 Å². The molecule has 0 bridgehead atoms. The van der Waals surface area contributed by atoms with Gasteiger partial charge in [0.15, 0.2) is 0 Å². The summed E-state index contributed by atoms with van der Waals surface area (Å²) in [6.07, 6.45) is 0. The van der Waals surface area contributed by atoms with Gasteiger partial charge in [0, 0.05) is 0 Å². The van der Waals surface area contributed by atoms with E-state index in [4.69, 9.17) is 7.85 Å². The molecule has 1 rings (SSSR count). The van der Waals surface area contributed by atoms with E-state index in [-0.39, 0.29) is 16.6 Å². The number of hydrogen-bond donors (Lipinski definition) is 0. The van der Waals surface area contributed by atoms with Crippen molar-refractivity contribution in [2.45, 2.75) is 0 Å². The van der Waals surface area contributed by atoms with Gasteiger partial charge in [-0.3, -0.25) is 0 Å². The topological polar surface area (TPSA) is 52.6 Å². The quantitative estimate of drug-likeness (QED) is 0.504. The lowest BCUT2D eigenvalue weighted by Crippen LogP contribution is -2.24. The second-order valence-corrected chi connectivity index (χ2v) is 2.75. The zero-order valence-corrected chi connectivity index (χ0v) is 8.44. The van der Waals surface area contributed by atoms with Gasteiger partial charge in [0.2, 0.25) is 0 Å². The molecular formula is C10H9BO4. The van der Waals surface area contributed by atoms with E-state index in [0.29, 0.717) is 0 Å². The van der Waals surface area contributed by atoms with Gasteiger partial charge in [0.05, 0.1) is 25.3 Å². The molecule has 0 atom stereocenters. The van der Waals surface area contributed by atoms with Crippen LogP contribution in [0.15, 0.2) is 18.2 Å². The Morgan fingerprint density at radius 1 is 1.07 bits per heavy atom. The molecule has 0 heterocycles. The molecule has 0 saturated carbocycles. The third-order valence-electron chi connectivity index (χ3n) is 1.92. The van der Waals surface area contributed by atoms with Gasteiger partial charge in [-0.25, -0.2) is 9.59 Å². The molecule has 4 nitrogen and oxygen atoms in total. The van der Waals surface area contributed by atoms with Gasteiger partial charge < -0.3 is 9.47 Å². The molecule has 0 amide bonds. The molecule has 0 spiro atoms. The monoisotopic (exact) mass is 204 g/mol. The van der Waals surface area contributed by atoms with Gasteiger partial charge in [-0.15, -0.1) is 0 Å². The van der Waals surface area contributed by atoms with E-state index in [0.717, 1.165) is 0 Å². The largest absolute Gasteiger partial charge is 0.465 e. The van der Waals surface area contributed by atoms with Gasteiger partial charge in [-0.1, -0.05) is 11.5 Å². The standard InChI is InChI=1S/C10H9BO4/c1-14-9(12)6-4-3-5-7(8(6)11)10(13)15-2/h3-5H,1-2H3. The van der Waals surface area contributed by atoms with Crippen molar-refractivity contribution in [2.75, 3.05) is 14.2 Å². The maximum Gasteiger partial charge on any atom is 0.337 e. The molecule has 76 valence electrons. The van der Waals surface area contributed by atoms with E-state index in [1.807, 2.05) is 0 Å². The van der Waals surface area contributed by atoms with Crippen molar-refractivity contribution in [3.05, 3.63) is 29.3 Å². The Morgan fingerprint density at radius 3 is 1.80 bits per heavy atom. The molecule has 2 radical (unpaired) electrons. The number of hydrogen-bond acceptors (Lipinski definition) is 4. The highest BCUT2D eigenvalue weighted by atomic mass is 16.5. The maximum atomic E-state index is 11.2. The summed E-state index contributed by atoms with van der Waals surface area (Å²) in [6, 6.07) is 4.50. The van der Waals surface area contributed by atoms with Crippen LogP contribution < -0.4 is 5.46 Å². The highest BCUT2D eigenvalue weighted by Crippen LogP contribution is 2.04. The van der Waals surface area contributed by atoms with Crippen LogP contribution in [0.1, 0.15) is 20.7 Å². The van der Waals surface area contributed by atoms with Crippen LogP contribution in [0.25, 0.3) is 0 Å². The fourth-order valence-corrected chi connectivity index (χ4v) is 1.14. The normalized spacial score (nSPS) is 9.47. The van der Waals surface area contributed by atoms with Crippen LogP contribution in [0, 0.1) is 0 Å². The Kier molecular flexibility index (Phi) is 3.49. The summed E-state index contributed by atoms with van der Waals surface area (Å²) in [5, 5.41) is 0. The molecule has 0 aliphatic heterocycles. The molecule has 0 aromatic heterocycles. The van der Waals surface area contributed by atoms with Crippen molar-refractivity contribution in [2.24, 2.45) is 0 Å². The van der Waals surface area contributed by atoms with Crippen LogP contribution in [0.4, 0.5) is 0 Å². The van der Waals surface area contributed by atoms with E-state index >= 15 is 0 Å². The number of benzene rings is 1. The van der Waals surface area contributed by atoms with Crippen molar-refractivity contribution in [3.8, 4) is 0 Å². The summed E-state index contributed by atoms with van der Waals surface area (Å²) in [5.41, 5.74) is 0.372. The van der Waals surface area contributed by atoms with Crippen molar-refractivity contribution in [1.82, 2.24) is 0 Å². The lowest BCUT2D eigenvalue weighted by Gasteiger charge is -2.08. The predicted octanol–water partition coefficient (Wildman–Crippen LogP) is 0.0536. The van der Waals surface area contributed by atoms with Gasteiger partial charge in [-0.05, 0) is 12.1 Å². The molecule has 1 aromatic carbocycles. The maximum absolute atomic E-state index is 11.2. The number of ether oxygens (including phenoxy) is 2. The Bertz CT molecular complexity index is 366. The minimum absolute atomic E-state index is 0.0659. The lowest BCUT2D eigenvalue weighted by molar-refractivity contribution is 0.0602. The smallest absolute Gasteiger partial charge is 0.337 e. The minimum Gasteiger partial charge on any atom is -0.465 e. The number of carbonyl (C=O) groups is 2. The molecule has 0 aliphatic carbocycles. The number of methoxy groups -OCH3 is 2. The number of rotatable bonds is 2.